The molecule has 9 nitrogen and oxygen atoms in total. The lowest BCUT2D eigenvalue weighted by molar-refractivity contribution is 0.362. The van der Waals surface area contributed by atoms with Crippen LogP contribution in [0.2, 0.25) is 5.15 Å². The van der Waals surface area contributed by atoms with Crippen molar-refractivity contribution in [2.24, 2.45) is 0 Å². The first-order chi connectivity index (χ1) is 14.2. The van der Waals surface area contributed by atoms with Crippen LogP contribution in [-0.4, -0.2) is 36.9 Å². The smallest absolute Gasteiger partial charge is 0.229 e. The summed E-state index contributed by atoms with van der Waals surface area (Å²) in [7, 11) is 0. The van der Waals surface area contributed by atoms with Crippen LogP contribution in [0.1, 0.15) is 30.3 Å². The third-order valence-electron chi connectivity index (χ3n) is 4.66. The van der Waals surface area contributed by atoms with Gasteiger partial charge in [0.25, 0.3) is 0 Å². The normalized spacial score (nSPS) is 16.5. The maximum atomic E-state index is 6.28. The molecule has 0 bridgehead atoms. The predicted molar refractivity (Wildman–Crippen MR) is 111 cm³/mol. The van der Waals surface area contributed by atoms with Crippen molar-refractivity contribution in [1.29, 1.82) is 0 Å². The number of hydrogen-bond donors (Lipinski definition) is 2. The molecule has 1 fully saturated rings. The molecule has 11 heteroatoms. The van der Waals surface area contributed by atoms with Gasteiger partial charge >= 0.3 is 0 Å². The summed E-state index contributed by atoms with van der Waals surface area (Å²) in [5.41, 5.74) is 1.69. The molecule has 0 aromatic carbocycles. The molecule has 5 heterocycles. The van der Waals surface area contributed by atoms with Gasteiger partial charge in [0.1, 0.15) is 21.7 Å². The van der Waals surface area contributed by atoms with E-state index in [1.165, 1.54) is 11.3 Å². The Morgan fingerprint density at radius 3 is 3.00 bits per heavy atom. The summed E-state index contributed by atoms with van der Waals surface area (Å²) >= 11 is 7.81. The van der Waals surface area contributed by atoms with Gasteiger partial charge in [-0.15, -0.1) is 11.3 Å². The van der Waals surface area contributed by atoms with Crippen LogP contribution in [0.25, 0.3) is 10.7 Å². The maximum absolute atomic E-state index is 6.28. The van der Waals surface area contributed by atoms with Gasteiger partial charge in [-0.3, -0.25) is 5.10 Å². The van der Waals surface area contributed by atoms with Crippen LogP contribution in [0.3, 0.4) is 0 Å². The number of hydrogen-bond acceptors (Lipinski definition) is 9. The highest BCUT2D eigenvalue weighted by Gasteiger charge is 2.32. The van der Waals surface area contributed by atoms with Gasteiger partial charge in [0.2, 0.25) is 5.95 Å². The number of nitrogens with one attached hydrogen (secondary N) is 2. The topological polar surface area (TPSA) is 109 Å². The number of halogens is 1. The highest BCUT2D eigenvalue weighted by Crippen LogP contribution is 2.37. The molecule has 29 heavy (non-hydrogen) atoms. The van der Waals surface area contributed by atoms with Gasteiger partial charge in [0.15, 0.2) is 11.6 Å². The fourth-order valence-electron chi connectivity index (χ4n) is 3.41. The molecule has 5 rings (SSSR count). The highest BCUT2D eigenvalue weighted by molar-refractivity contribution is 7.13. The van der Waals surface area contributed by atoms with E-state index < -0.39 is 0 Å². The Balaban J connectivity index is 1.42. The molecule has 0 aliphatic carbocycles. The first kappa shape index (κ1) is 18.1. The minimum atomic E-state index is -0.00448. The lowest BCUT2D eigenvalue weighted by atomic mass is 10.1. The molecule has 1 atom stereocenters. The van der Waals surface area contributed by atoms with Crippen molar-refractivity contribution >= 4 is 40.5 Å². The summed E-state index contributed by atoms with van der Waals surface area (Å²) in [5.74, 6) is 2.57. The van der Waals surface area contributed by atoms with Crippen LogP contribution in [0.15, 0.2) is 34.3 Å². The Bertz CT molecular complexity index is 1120. The molecule has 4 aromatic heterocycles. The zero-order valence-electron chi connectivity index (χ0n) is 15.5. The number of anilines is 3. The second-order valence-corrected chi connectivity index (χ2v) is 8.02. The Labute approximate surface area is 175 Å². The lowest BCUT2D eigenvalue weighted by Crippen LogP contribution is -2.24. The second kappa shape index (κ2) is 7.45. The molecule has 0 amide bonds. The monoisotopic (exact) mass is 428 g/mol. The fraction of sp³-hybridized carbons (Fsp3) is 0.278. The maximum Gasteiger partial charge on any atom is 0.229 e. The Kier molecular flexibility index (Phi) is 4.64. The first-order valence-corrected chi connectivity index (χ1v) is 10.4. The van der Waals surface area contributed by atoms with Crippen LogP contribution >= 0.6 is 22.9 Å². The van der Waals surface area contributed by atoms with Gasteiger partial charge in [0, 0.05) is 42.0 Å². The minimum Gasteiger partial charge on any atom is -0.358 e. The summed E-state index contributed by atoms with van der Waals surface area (Å²) in [5, 5.41) is 17.5. The molecule has 1 aliphatic heterocycles. The number of H-pyrrole nitrogens is 1. The average molecular weight is 429 g/mol. The van der Waals surface area contributed by atoms with Crippen molar-refractivity contribution in [3.8, 4) is 10.7 Å². The lowest BCUT2D eigenvalue weighted by Gasteiger charge is -2.23. The van der Waals surface area contributed by atoms with Gasteiger partial charge in [-0.2, -0.15) is 10.1 Å². The quantitative estimate of drug-likeness (QED) is 0.451. The number of aromatic nitrogens is 6. The van der Waals surface area contributed by atoms with E-state index in [9.17, 15) is 0 Å². The van der Waals surface area contributed by atoms with E-state index in [4.69, 9.17) is 16.1 Å². The first-order valence-electron chi connectivity index (χ1n) is 9.12. The van der Waals surface area contributed by atoms with E-state index in [2.05, 4.69) is 40.5 Å². The molecular formula is C18H17ClN8OS. The van der Waals surface area contributed by atoms with Gasteiger partial charge < -0.3 is 14.7 Å². The molecule has 148 valence electrons. The molecule has 1 aliphatic rings. The summed E-state index contributed by atoms with van der Waals surface area (Å²) in [6.07, 6.45) is 3.67. The molecule has 4 aromatic rings. The Morgan fingerprint density at radius 1 is 1.28 bits per heavy atom. The number of aromatic amines is 1. The van der Waals surface area contributed by atoms with Gasteiger partial charge in [-0.1, -0.05) is 16.8 Å². The number of nitrogens with zero attached hydrogens (tertiary/aromatic N) is 6. The molecular weight excluding hydrogens is 412 g/mol. The van der Waals surface area contributed by atoms with Crippen LogP contribution in [0.5, 0.6) is 0 Å². The van der Waals surface area contributed by atoms with E-state index >= 15 is 0 Å². The number of aryl methyl sites for hydroxylation is 1. The second-order valence-electron chi connectivity index (χ2n) is 6.74. The van der Waals surface area contributed by atoms with Crippen molar-refractivity contribution in [2.45, 2.75) is 25.8 Å². The molecule has 0 unspecified atom stereocenters. The van der Waals surface area contributed by atoms with Crippen molar-refractivity contribution in [3.63, 3.8) is 0 Å². The zero-order chi connectivity index (χ0) is 19.8. The van der Waals surface area contributed by atoms with Crippen LogP contribution in [0, 0.1) is 6.92 Å². The third kappa shape index (κ3) is 3.68. The van der Waals surface area contributed by atoms with E-state index in [0.29, 0.717) is 22.7 Å². The predicted octanol–water partition coefficient (Wildman–Crippen LogP) is 4.36. The van der Waals surface area contributed by atoms with Crippen molar-refractivity contribution in [1.82, 2.24) is 30.3 Å². The van der Waals surface area contributed by atoms with Crippen LogP contribution < -0.4 is 10.2 Å². The average Bonchev–Trinajstić information content (AvgIpc) is 3.48. The summed E-state index contributed by atoms with van der Waals surface area (Å²) in [6, 6.07) is 5.51. The van der Waals surface area contributed by atoms with E-state index in [-0.39, 0.29) is 6.04 Å². The van der Waals surface area contributed by atoms with Gasteiger partial charge in [-0.25, -0.2) is 9.97 Å². The van der Waals surface area contributed by atoms with Crippen molar-refractivity contribution in [3.05, 3.63) is 46.4 Å². The highest BCUT2D eigenvalue weighted by atomic mass is 35.5. The molecule has 2 N–H and O–H groups in total. The van der Waals surface area contributed by atoms with E-state index in [0.717, 1.165) is 41.5 Å². The standard InChI is InChI=1S/C18H17ClN8OS/c1-10-7-16(25-24-10)22-15-9-14(19)21-18(23-15)27-5-2-3-12(27)13-8-11(26-28-13)17-20-4-6-29-17/h4,6-9,12H,2-3,5H2,1H3,(H2,21,22,23,24,25)/t12-/m0/s1. The van der Waals surface area contributed by atoms with Gasteiger partial charge in [-0.05, 0) is 19.8 Å². The number of thiazole rings is 1. The van der Waals surface area contributed by atoms with Crippen molar-refractivity contribution < 1.29 is 4.52 Å². The fourth-order valence-corrected chi connectivity index (χ4v) is 4.18. The van der Waals surface area contributed by atoms with Crippen molar-refractivity contribution in [2.75, 3.05) is 16.8 Å². The summed E-state index contributed by atoms with van der Waals surface area (Å²) < 4.78 is 5.64. The van der Waals surface area contributed by atoms with Crippen LogP contribution in [0.4, 0.5) is 17.6 Å². The Hall–Kier alpha value is -2.98. The zero-order valence-corrected chi connectivity index (χ0v) is 17.0. The third-order valence-corrected chi connectivity index (χ3v) is 5.65. The van der Waals surface area contributed by atoms with E-state index in [1.54, 1.807) is 12.3 Å². The van der Waals surface area contributed by atoms with Gasteiger partial charge in [0.05, 0.1) is 6.04 Å². The summed E-state index contributed by atoms with van der Waals surface area (Å²) in [4.78, 5) is 15.5. The molecule has 0 radical (unpaired) electrons. The molecule has 0 spiro atoms. The molecule has 1 saturated heterocycles. The number of rotatable bonds is 5. The molecule has 0 saturated carbocycles. The Morgan fingerprint density at radius 2 is 2.21 bits per heavy atom. The largest absolute Gasteiger partial charge is 0.358 e. The SMILES string of the molecule is Cc1cc(Nc2cc(Cl)nc(N3CCC[C@H]3c3cc(-c4nccs4)no3)n2)n[nH]1. The van der Waals surface area contributed by atoms with Crippen LogP contribution in [-0.2, 0) is 0 Å². The minimum absolute atomic E-state index is 0.00448. The van der Waals surface area contributed by atoms with E-state index in [1.807, 2.05) is 24.4 Å². The summed E-state index contributed by atoms with van der Waals surface area (Å²) in [6.45, 7) is 2.74.